The number of aromatic nitrogens is 3. The van der Waals surface area contributed by atoms with E-state index in [0.29, 0.717) is 16.5 Å². The lowest BCUT2D eigenvalue weighted by molar-refractivity contribution is -0.115. The van der Waals surface area contributed by atoms with Crippen molar-refractivity contribution in [3.63, 3.8) is 0 Å². The van der Waals surface area contributed by atoms with Crippen LogP contribution in [0, 0.1) is 0 Å². The van der Waals surface area contributed by atoms with Gasteiger partial charge in [-0.25, -0.2) is 0 Å². The molecule has 0 fully saturated rings. The molecule has 0 atom stereocenters. The van der Waals surface area contributed by atoms with Crippen LogP contribution in [-0.2, 0) is 4.79 Å². The molecular formula is C32H24N4O2S. The van der Waals surface area contributed by atoms with Gasteiger partial charge in [0, 0.05) is 17.1 Å². The summed E-state index contributed by atoms with van der Waals surface area (Å²) in [7, 11) is 0. The highest BCUT2D eigenvalue weighted by Gasteiger charge is 2.23. The number of hydrogen-bond donors (Lipinski definition) is 1. The molecule has 6 rings (SSSR count). The Labute approximate surface area is 230 Å². The standard InChI is InChI=1S/C32H24N4O2S/c37-29-21-24-13-11-10-12-23(24)20-28(29)31-33-34-32(36(31)27-18-8-3-9-19-27)39-22-30(38)35(25-14-4-1-5-15-25)26-16-6-2-7-17-26/h1-21,37H,22H2. The molecule has 1 amide bonds. The maximum Gasteiger partial charge on any atom is 0.242 e. The molecule has 0 unspecified atom stereocenters. The van der Waals surface area contributed by atoms with Crippen LogP contribution in [0.15, 0.2) is 133 Å². The number of phenolic OH excluding ortho intramolecular Hbond substituents is 1. The minimum atomic E-state index is -0.0879. The van der Waals surface area contributed by atoms with Crippen molar-refractivity contribution in [3.8, 4) is 22.8 Å². The fourth-order valence-corrected chi connectivity index (χ4v) is 5.34. The molecule has 39 heavy (non-hydrogen) atoms. The Kier molecular flexibility index (Phi) is 6.80. The molecule has 1 heterocycles. The van der Waals surface area contributed by atoms with Crippen molar-refractivity contribution in [1.82, 2.24) is 14.8 Å². The van der Waals surface area contributed by atoms with E-state index in [1.165, 1.54) is 11.8 Å². The SMILES string of the molecule is O=C(CSc1nnc(-c2cc3ccccc3cc2O)n1-c1ccccc1)N(c1ccccc1)c1ccccc1. The molecular weight excluding hydrogens is 504 g/mol. The Morgan fingerprint density at radius 1 is 0.718 bits per heavy atom. The predicted molar refractivity (Wildman–Crippen MR) is 157 cm³/mol. The highest BCUT2D eigenvalue weighted by molar-refractivity contribution is 7.99. The first-order chi connectivity index (χ1) is 19.2. The third-order valence-electron chi connectivity index (χ3n) is 6.36. The smallest absolute Gasteiger partial charge is 0.242 e. The lowest BCUT2D eigenvalue weighted by atomic mass is 10.1. The zero-order chi connectivity index (χ0) is 26.6. The number of carbonyl (C=O) groups excluding carboxylic acids is 1. The number of benzene rings is 5. The lowest BCUT2D eigenvalue weighted by Gasteiger charge is -2.23. The lowest BCUT2D eigenvalue weighted by Crippen LogP contribution is -2.27. The number of thioether (sulfide) groups is 1. The van der Waals surface area contributed by atoms with Crippen molar-refractivity contribution < 1.29 is 9.90 Å². The van der Waals surface area contributed by atoms with Gasteiger partial charge in [0.05, 0.1) is 11.3 Å². The summed E-state index contributed by atoms with van der Waals surface area (Å²) in [5.74, 6) is 0.668. The van der Waals surface area contributed by atoms with E-state index in [2.05, 4.69) is 10.2 Å². The first kappa shape index (κ1) is 24.5. The molecule has 5 aromatic carbocycles. The second-order valence-electron chi connectivity index (χ2n) is 8.88. The number of anilines is 2. The third-order valence-corrected chi connectivity index (χ3v) is 7.27. The largest absolute Gasteiger partial charge is 0.507 e. The van der Waals surface area contributed by atoms with Crippen LogP contribution >= 0.6 is 11.8 Å². The van der Waals surface area contributed by atoms with E-state index in [-0.39, 0.29) is 17.4 Å². The molecule has 190 valence electrons. The summed E-state index contributed by atoms with van der Waals surface area (Å²) < 4.78 is 1.89. The summed E-state index contributed by atoms with van der Waals surface area (Å²) in [5.41, 5.74) is 2.99. The van der Waals surface area contributed by atoms with Gasteiger partial charge in [0.15, 0.2) is 11.0 Å². The molecule has 0 saturated carbocycles. The Hall–Kier alpha value is -4.88. The highest BCUT2D eigenvalue weighted by atomic mass is 32.2. The number of amides is 1. The number of para-hydroxylation sites is 3. The molecule has 0 radical (unpaired) electrons. The van der Waals surface area contributed by atoms with Gasteiger partial charge in [-0.2, -0.15) is 0 Å². The van der Waals surface area contributed by atoms with Crippen molar-refractivity contribution in [1.29, 1.82) is 0 Å². The zero-order valence-electron chi connectivity index (χ0n) is 20.9. The van der Waals surface area contributed by atoms with E-state index in [4.69, 9.17) is 0 Å². The number of rotatable bonds is 7. The fourth-order valence-electron chi connectivity index (χ4n) is 4.54. The first-order valence-corrected chi connectivity index (χ1v) is 13.5. The van der Waals surface area contributed by atoms with Crippen LogP contribution in [0.1, 0.15) is 0 Å². The molecule has 7 heteroatoms. The number of aromatic hydroxyl groups is 1. The van der Waals surface area contributed by atoms with E-state index in [1.54, 1.807) is 11.0 Å². The monoisotopic (exact) mass is 528 g/mol. The molecule has 0 bridgehead atoms. The van der Waals surface area contributed by atoms with Gasteiger partial charge in [-0.1, -0.05) is 90.6 Å². The predicted octanol–water partition coefficient (Wildman–Crippen LogP) is 7.25. The van der Waals surface area contributed by atoms with Crippen LogP contribution in [0.25, 0.3) is 27.8 Å². The molecule has 0 saturated heterocycles. The van der Waals surface area contributed by atoms with E-state index < -0.39 is 0 Å². The third kappa shape index (κ3) is 5.00. The van der Waals surface area contributed by atoms with Crippen molar-refractivity contribution in [2.75, 3.05) is 10.7 Å². The Balaban J connectivity index is 1.37. The van der Waals surface area contributed by atoms with Crippen LogP contribution in [-0.4, -0.2) is 31.5 Å². The number of carbonyl (C=O) groups is 1. The summed E-state index contributed by atoms with van der Waals surface area (Å²) in [5, 5.41) is 22.4. The van der Waals surface area contributed by atoms with Gasteiger partial charge in [0.1, 0.15) is 5.75 Å². The average molecular weight is 529 g/mol. The van der Waals surface area contributed by atoms with Gasteiger partial charge in [0.25, 0.3) is 0 Å². The van der Waals surface area contributed by atoms with Crippen LogP contribution in [0.2, 0.25) is 0 Å². The van der Waals surface area contributed by atoms with Gasteiger partial charge in [-0.15, -0.1) is 10.2 Å². The summed E-state index contributed by atoms with van der Waals surface area (Å²) in [6.07, 6.45) is 0. The molecule has 1 aromatic heterocycles. The van der Waals surface area contributed by atoms with Crippen LogP contribution in [0.4, 0.5) is 11.4 Å². The molecule has 0 spiro atoms. The number of nitrogens with zero attached hydrogens (tertiary/aromatic N) is 4. The molecule has 0 aliphatic carbocycles. The first-order valence-electron chi connectivity index (χ1n) is 12.5. The highest BCUT2D eigenvalue weighted by Crippen LogP contribution is 2.36. The number of phenols is 1. The zero-order valence-corrected chi connectivity index (χ0v) is 21.7. The maximum absolute atomic E-state index is 13.7. The van der Waals surface area contributed by atoms with Gasteiger partial charge in [-0.05, 0) is 59.3 Å². The second kappa shape index (κ2) is 10.8. The summed E-state index contributed by atoms with van der Waals surface area (Å²) >= 11 is 1.31. The Morgan fingerprint density at radius 3 is 1.87 bits per heavy atom. The van der Waals surface area contributed by atoms with Crippen LogP contribution in [0.3, 0.4) is 0 Å². The summed E-state index contributed by atoms with van der Waals surface area (Å²) in [6, 6.07) is 40.4. The molecule has 1 N–H and O–H groups in total. The van der Waals surface area contributed by atoms with Crippen LogP contribution < -0.4 is 4.90 Å². The number of fused-ring (bicyclic) bond motifs is 1. The molecule has 6 nitrogen and oxygen atoms in total. The molecule has 0 aliphatic rings. The van der Waals surface area contributed by atoms with Gasteiger partial charge in [-0.3, -0.25) is 14.3 Å². The average Bonchev–Trinajstić information content (AvgIpc) is 3.41. The summed E-state index contributed by atoms with van der Waals surface area (Å²) in [4.78, 5) is 15.4. The second-order valence-corrected chi connectivity index (χ2v) is 9.83. The van der Waals surface area contributed by atoms with Gasteiger partial charge < -0.3 is 5.11 Å². The Bertz CT molecular complexity index is 1700. The quantitative estimate of drug-likeness (QED) is 0.221. The van der Waals surface area contributed by atoms with Crippen molar-refractivity contribution in [2.45, 2.75) is 5.16 Å². The maximum atomic E-state index is 13.7. The minimum absolute atomic E-state index is 0.0879. The summed E-state index contributed by atoms with van der Waals surface area (Å²) in [6.45, 7) is 0. The van der Waals surface area contributed by atoms with Crippen LogP contribution in [0.5, 0.6) is 5.75 Å². The Morgan fingerprint density at radius 2 is 1.26 bits per heavy atom. The number of hydrogen-bond acceptors (Lipinski definition) is 5. The van der Waals surface area contributed by atoms with Crippen molar-refractivity contribution in [2.24, 2.45) is 0 Å². The van der Waals surface area contributed by atoms with Crippen molar-refractivity contribution >= 4 is 39.8 Å². The van der Waals surface area contributed by atoms with Crippen molar-refractivity contribution in [3.05, 3.63) is 127 Å². The topological polar surface area (TPSA) is 71.2 Å². The van der Waals surface area contributed by atoms with Gasteiger partial charge in [0.2, 0.25) is 5.91 Å². The van der Waals surface area contributed by atoms with Gasteiger partial charge >= 0.3 is 0 Å². The fraction of sp³-hybridized carbons (Fsp3) is 0.0312. The minimum Gasteiger partial charge on any atom is -0.507 e. The molecule has 0 aliphatic heterocycles. The molecule has 6 aromatic rings. The van der Waals surface area contributed by atoms with E-state index in [1.807, 2.05) is 126 Å². The van der Waals surface area contributed by atoms with E-state index in [0.717, 1.165) is 27.8 Å². The normalized spacial score (nSPS) is 11.0. The van der Waals surface area contributed by atoms with E-state index in [9.17, 15) is 9.90 Å². The van der Waals surface area contributed by atoms with E-state index >= 15 is 0 Å².